The summed E-state index contributed by atoms with van der Waals surface area (Å²) in [6.07, 6.45) is 2.01. The van der Waals surface area contributed by atoms with Gasteiger partial charge in [0.25, 0.3) is 0 Å². The van der Waals surface area contributed by atoms with Gasteiger partial charge in [-0.1, -0.05) is 42.0 Å². The fourth-order valence-electron chi connectivity index (χ4n) is 3.02. The van der Waals surface area contributed by atoms with E-state index in [0.29, 0.717) is 0 Å². The molecule has 2 aromatic carbocycles. The van der Waals surface area contributed by atoms with Crippen LogP contribution in [0.3, 0.4) is 0 Å². The molecule has 0 aliphatic heterocycles. The average Bonchev–Trinajstić information content (AvgIpc) is 2.41. The number of rotatable bonds is 3. The van der Waals surface area contributed by atoms with Crippen molar-refractivity contribution in [1.82, 2.24) is 0 Å². The fraction of sp³-hybridized carbons (Fsp3) is 0.261. The van der Waals surface area contributed by atoms with E-state index in [-0.39, 0.29) is 36.6 Å². The van der Waals surface area contributed by atoms with Gasteiger partial charge in [0.05, 0.1) is 5.69 Å². The summed E-state index contributed by atoms with van der Waals surface area (Å²) in [4.78, 5) is 5.63. The average molecular weight is 400 g/mol. The van der Waals surface area contributed by atoms with E-state index >= 15 is 0 Å². The van der Waals surface area contributed by atoms with Crippen molar-refractivity contribution in [1.29, 1.82) is 0 Å². The molecule has 0 saturated carbocycles. The van der Waals surface area contributed by atoms with Gasteiger partial charge in [-0.15, -0.1) is 0 Å². The molecule has 0 aliphatic carbocycles. The van der Waals surface area contributed by atoms with E-state index in [0.717, 1.165) is 21.9 Å². The number of benzene rings is 2. The molecule has 0 atom stereocenters. The minimum atomic E-state index is 0. The zero-order valence-corrected chi connectivity index (χ0v) is 19.7. The summed E-state index contributed by atoms with van der Waals surface area (Å²) in [6.45, 7) is 12.5. The first-order chi connectivity index (χ1) is 10.8. The molecule has 0 heterocycles. The molecule has 2 aromatic rings. The molecule has 0 bridgehead atoms. The van der Waals surface area contributed by atoms with Crippen molar-refractivity contribution in [2.45, 2.75) is 41.5 Å². The zero-order chi connectivity index (χ0) is 17.1. The summed E-state index contributed by atoms with van der Waals surface area (Å²) in [7, 11) is 0. The smallest absolute Gasteiger partial charge is 0.779 e. The van der Waals surface area contributed by atoms with Gasteiger partial charge in [0.2, 0.25) is 0 Å². The maximum atomic E-state index is 5.66. The summed E-state index contributed by atoms with van der Waals surface area (Å²) in [5.74, 6) is 0. The van der Waals surface area contributed by atoms with Crippen molar-refractivity contribution in [3.05, 3.63) is 84.6 Å². The van der Waals surface area contributed by atoms with Crippen LogP contribution in [0.15, 0.2) is 41.4 Å². The molecular weight excluding hydrogens is 370 g/mol. The molecule has 1 nitrogen and oxygen atoms in total. The van der Waals surface area contributed by atoms with E-state index in [1.54, 1.807) is 0 Å². The Morgan fingerprint density at radius 2 is 1.35 bits per heavy atom. The van der Waals surface area contributed by atoms with Crippen LogP contribution in [-0.2, 0) is 34.3 Å². The first kappa shape index (κ1) is 27.0. The zero-order valence-electron chi connectivity index (χ0n) is 17.3. The van der Waals surface area contributed by atoms with Crippen molar-refractivity contribution in [3.63, 3.8) is 0 Å². The van der Waals surface area contributed by atoms with Crippen LogP contribution >= 0.6 is 0 Å². The third-order valence-corrected chi connectivity index (χ3v) is 4.31. The van der Waals surface area contributed by atoms with Crippen LogP contribution in [0.5, 0.6) is 0 Å². The Hall–Kier alpha value is -1.22. The SMILES string of the molecule is CC(/C=C(\[S-])c1c(C)cc(C)cc1C)=Nc1c(C)cccc1C.[CH3-].[CH3-].[Ti+3]. The molecule has 0 aliphatic rings. The number of hydrogen-bond donors (Lipinski definition) is 0. The third-order valence-electron chi connectivity index (χ3n) is 3.99. The van der Waals surface area contributed by atoms with Crippen molar-refractivity contribution in [3.8, 4) is 0 Å². The largest absolute Gasteiger partial charge is 3.00 e. The maximum Gasteiger partial charge on any atom is 3.00 e. The van der Waals surface area contributed by atoms with Gasteiger partial charge in [-0.05, 0) is 69.4 Å². The second-order valence-electron chi connectivity index (χ2n) is 6.28. The Balaban J connectivity index is 0. The Bertz CT molecular complexity index is 761. The molecule has 0 unspecified atom stereocenters. The van der Waals surface area contributed by atoms with Gasteiger partial charge >= 0.3 is 21.7 Å². The van der Waals surface area contributed by atoms with Crippen LogP contribution in [0.1, 0.15) is 40.3 Å². The Morgan fingerprint density at radius 3 is 1.81 bits per heavy atom. The first-order valence-electron chi connectivity index (χ1n) is 7.88. The molecule has 0 saturated heterocycles. The van der Waals surface area contributed by atoms with Crippen molar-refractivity contribution < 1.29 is 21.7 Å². The monoisotopic (exact) mass is 400 g/mol. The van der Waals surface area contributed by atoms with E-state index in [4.69, 9.17) is 17.6 Å². The van der Waals surface area contributed by atoms with Gasteiger partial charge in [0.1, 0.15) is 0 Å². The molecule has 1 radical (unpaired) electrons. The minimum absolute atomic E-state index is 0. The molecule has 26 heavy (non-hydrogen) atoms. The van der Waals surface area contributed by atoms with Crippen LogP contribution in [0.4, 0.5) is 5.69 Å². The van der Waals surface area contributed by atoms with Crippen LogP contribution in [-0.4, -0.2) is 5.71 Å². The number of aryl methyl sites for hydroxylation is 5. The summed E-state index contributed by atoms with van der Waals surface area (Å²) in [5, 5.41) is 0. The predicted octanol–water partition coefficient (Wildman–Crippen LogP) is 6.81. The summed E-state index contributed by atoms with van der Waals surface area (Å²) in [5.41, 5.74) is 9.23. The maximum absolute atomic E-state index is 5.66. The molecule has 0 amide bonds. The van der Waals surface area contributed by atoms with E-state index in [1.807, 2.05) is 13.0 Å². The van der Waals surface area contributed by atoms with Crippen molar-refractivity contribution in [2.24, 2.45) is 4.99 Å². The van der Waals surface area contributed by atoms with Crippen LogP contribution < -0.4 is 0 Å². The van der Waals surface area contributed by atoms with Crippen molar-refractivity contribution >= 4 is 28.9 Å². The fourth-order valence-corrected chi connectivity index (χ4v) is 3.51. The predicted molar refractivity (Wildman–Crippen MR) is 118 cm³/mol. The summed E-state index contributed by atoms with van der Waals surface area (Å²) >= 11 is 5.66. The van der Waals surface area contributed by atoms with Gasteiger partial charge in [-0.25, -0.2) is 0 Å². The molecule has 137 valence electrons. The Labute approximate surface area is 181 Å². The van der Waals surface area contributed by atoms with Gasteiger partial charge < -0.3 is 27.5 Å². The van der Waals surface area contributed by atoms with Crippen LogP contribution in [0, 0.1) is 49.5 Å². The number of allylic oxidation sites excluding steroid dienone is 1. The number of hydrogen-bond acceptors (Lipinski definition) is 2. The number of aliphatic imine (C=N–C) groups is 1. The molecule has 0 N–H and O–H groups in total. The Kier molecular flexibility index (Phi) is 11.9. The second-order valence-corrected chi connectivity index (χ2v) is 6.72. The van der Waals surface area contributed by atoms with Gasteiger partial charge in [-0.3, -0.25) is 4.99 Å². The molecule has 0 spiro atoms. The van der Waals surface area contributed by atoms with E-state index < -0.39 is 0 Å². The molecule has 3 heteroatoms. The van der Waals surface area contributed by atoms with Gasteiger partial charge in [0, 0.05) is 5.71 Å². The topological polar surface area (TPSA) is 12.4 Å². The van der Waals surface area contributed by atoms with E-state index in [2.05, 4.69) is 65.0 Å². The number of nitrogens with zero attached hydrogens (tertiary/aromatic N) is 1. The van der Waals surface area contributed by atoms with Gasteiger partial charge in [0.15, 0.2) is 0 Å². The van der Waals surface area contributed by atoms with Crippen molar-refractivity contribution in [2.75, 3.05) is 0 Å². The number of para-hydroxylation sites is 1. The molecule has 0 fully saturated rings. The van der Waals surface area contributed by atoms with E-state index in [1.165, 1.54) is 27.8 Å². The second kappa shape index (κ2) is 11.5. The summed E-state index contributed by atoms with van der Waals surface area (Å²) < 4.78 is 0. The van der Waals surface area contributed by atoms with Crippen LogP contribution in [0.2, 0.25) is 0 Å². The standard InChI is InChI=1S/C21H25NS.2CH3.Ti/c1-13-10-16(4)20(17(5)11-13)19(23)12-18(6)22-21-14(2)8-7-9-15(21)3;;;/h7-12,23H,1-6H3;2*1H3;/q;2*-1;+3/p-1/b19-12-,22-18?;;;. The molecule has 2 rings (SSSR count). The van der Waals surface area contributed by atoms with E-state index in [9.17, 15) is 0 Å². The minimum Gasteiger partial charge on any atom is -0.779 e. The van der Waals surface area contributed by atoms with Crippen LogP contribution in [0.25, 0.3) is 4.91 Å². The molecule has 0 aromatic heterocycles. The summed E-state index contributed by atoms with van der Waals surface area (Å²) in [6, 6.07) is 10.6. The quantitative estimate of drug-likeness (QED) is 0.239. The normalized spacial score (nSPS) is 11.2. The molecular formula is C23H30NSTi. The Morgan fingerprint density at radius 1 is 0.885 bits per heavy atom. The third kappa shape index (κ3) is 6.50. The first-order valence-corrected chi connectivity index (χ1v) is 8.29. The van der Waals surface area contributed by atoms with Gasteiger partial charge in [-0.2, -0.15) is 4.91 Å².